The number of benzene rings is 3. The Balaban J connectivity index is 1.91. The molecule has 4 aromatic rings. The molecule has 1 N–H and O–H groups in total. The number of hydrogen-bond acceptors (Lipinski definition) is 4. The summed E-state index contributed by atoms with van der Waals surface area (Å²) in [6, 6.07) is 9.36. The third-order valence-electron chi connectivity index (χ3n) is 4.89. The summed E-state index contributed by atoms with van der Waals surface area (Å²) in [7, 11) is -3.98. The summed E-state index contributed by atoms with van der Waals surface area (Å²) in [6.45, 7) is 0. The van der Waals surface area contributed by atoms with E-state index in [1.165, 1.54) is 18.2 Å². The molecule has 3 aromatic carbocycles. The van der Waals surface area contributed by atoms with Crippen LogP contribution in [0.1, 0.15) is 15.9 Å². The van der Waals surface area contributed by atoms with Crippen LogP contribution in [0.15, 0.2) is 54.6 Å². The van der Waals surface area contributed by atoms with Crippen molar-refractivity contribution in [2.75, 3.05) is 6.26 Å². The zero-order valence-corrected chi connectivity index (χ0v) is 19.1. The van der Waals surface area contributed by atoms with Gasteiger partial charge in [-0.2, -0.15) is 18.3 Å². The molecule has 0 fully saturated rings. The highest BCUT2D eigenvalue weighted by Gasteiger charge is 2.31. The summed E-state index contributed by atoms with van der Waals surface area (Å²) in [4.78, 5) is 12.1. The number of rotatable bonds is 4. The van der Waals surface area contributed by atoms with Crippen LogP contribution >= 0.6 is 11.6 Å². The Morgan fingerprint density at radius 2 is 1.77 bits per heavy atom. The summed E-state index contributed by atoms with van der Waals surface area (Å²) in [6.07, 6.45) is -3.92. The van der Waals surface area contributed by atoms with Gasteiger partial charge in [-0.25, -0.2) is 26.6 Å². The maximum Gasteiger partial charge on any atom is 0.416 e. The molecule has 0 aliphatic heterocycles. The van der Waals surface area contributed by atoms with Gasteiger partial charge in [0.25, 0.3) is 5.91 Å². The maximum absolute atomic E-state index is 14.8. The Bertz CT molecular complexity index is 1600. The van der Waals surface area contributed by atoms with Crippen molar-refractivity contribution in [1.82, 2.24) is 14.5 Å². The van der Waals surface area contributed by atoms with Gasteiger partial charge in [0.05, 0.1) is 33.6 Å². The van der Waals surface area contributed by atoms with Crippen molar-refractivity contribution < 1.29 is 35.2 Å². The van der Waals surface area contributed by atoms with Crippen molar-refractivity contribution in [2.45, 2.75) is 6.18 Å². The van der Waals surface area contributed by atoms with E-state index < -0.39 is 44.9 Å². The monoisotopic (exact) mass is 529 g/mol. The van der Waals surface area contributed by atoms with Crippen molar-refractivity contribution in [3.05, 3.63) is 82.4 Å². The Kier molecular flexibility index (Phi) is 6.05. The summed E-state index contributed by atoms with van der Waals surface area (Å²) < 4.78 is 93.8. The van der Waals surface area contributed by atoms with Crippen LogP contribution in [0.5, 0.6) is 0 Å². The minimum absolute atomic E-state index is 0.0231. The van der Waals surface area contributed by atoms with Gasteiger partial charge < -0.3 is 0 Å². The second kappa shape index (κ2) is 8.61. The average molecular weight is 530 g/mol. The van der Waals surface area contributed by atoms with Crippen LogP contribution in [-0.4, -0.2) is 30.4 Å². The van der Waals surface area contributed by atoms with Crippen LogP contribution in [0.2, 0.25) is 5.02 Å². The fraction of sp³-hybridized carbons (Fsp3) is 0.0909. The molecule has 0 aliphatic carbocycles. The van der Waals surface area contributed by atoms with Gasteiger partial charge in [0.2, 0.25) is 10.0 Å². The van der Waals surface area contributed by atoms with Gasteiger partial charge in [0.15, 0.2) is 0 Å². The molecule has 0 saturated carbocycles. The lowest BCUT2D eigenvalue weighted by atomic mass is 10.0. The highest BCUT2D eigenvalue weighted by atomic mass is 35.5. The summed E-state index contributed by atoms with van der Waals surface area (Å²) >= 11 is 6.24. The lowest BCUT2D eigenvalue weighted by Crippen LogP contribution is -2.30. The van der Waals surface area contributed by atoms with Crippen LogP contribution in [0, 0.1) is 11.6 Å². The Morgan fingerprint density at radius 3 is 2.43 bits per heavy atom. The highest BCUT2D eigenvalue weighted by Crippen LogP contribution is 2.36. The van der Waals surface area contributed by atoms with E-state index in [0.717, 1.165) is 41.1 Å². The third-order valence-corrected chi connectivity index (χ3v) is 5.75. The van der Waals surface area contributed by atoms with E-state index in [9.17, 15) is 35.2 Å². The minimum atomic E-state index is -4.63. The van der Waals surface area contributed by atoms with E-state index in [2.05, 4.69) is 5.10 Å². The lowest BCUT2D eigenvalue weighted by molar-refractivity contribution is -0.137. The fourth-order valence-corrected chi connectivity index (χ4v) is 4.12. The van der Waals surface area contributed by atoms with Gasteiger partial charge in [-0.3, -0.25) is 4.79 Å². The molecule has 1 amide bonds. The number of aromatic nitrogens is 2. The molecule has 4 rings (SSSR count). The van der Waals surface area contributed by atoms with E-state index in [0.29, 0.717) is 6.26 Å². The number of halogens is 6. The molecule has 0 atom stereocenters. The number of nitrogens with one attached hydrogen (secondary N) is 1. The van der Waals surface area contributed by atoms with Gasteiger partial charge in [0.1, 0.15) is 17.3 Å². The van der Waals surface area contributed by atoms with E-state index >= 15 is 0 Å². The fourth-order valence-electron chi connectivity index (χ4n) is 3.43. The van der Waals surface area contributed by atoms with Crippen LogP contribution in [0.4, 0.5) is 22.0 Å². The van der Waals surface area contributed by atoms with E-state index in [1.54, 1.807) is 4.72 Å². The first kappa shape index (κ1) is 24.6. The molecule has 182 valence electrons. The topological polar surface area (TPSA) is 81.1 Å². The van der Waals surface area contributed by atoms with E-state index in [-0.39, 0.29) is 32.9 Å². The SMILES string of the molecule is CS(=O)(=O)NC(=O)c1cc(Cl)c(-n2nc(-c3cccc(C(F)(F)F)c3)c3cc(F)ccc32)cc1F. The number of carbonyl (C=O) groups is 1. The molecule has 1 aromatic heterocycles. The summed E-state index contributed by atoms with van der Waals surface area (Å²) in [5.74, 6) is -3.08. The Hall–Kier alpha value is -3.51. The number of alkyl halides is 3. The number of nitrogens with zero attached hydrogens (tertiary/aromatic N) is 2. The molecule has 0 saturated heterocycles. The number of fused-ring (bicyclic) bond motifs is 1. The number of sulfonamides is 1. The van der Waals surface area contributed by atoms with Crippen LogP contribution in [-0.2, 0) is 16.2 Å². The Morgan fingerprint density at radius 1 is 1.06 bits per heavy atom. The number of hydrogen-bond donors (Lipinski definition) is 1. The normalized spacial score (nSPS) is 12.2. The standard InChI is InChI=1S/C22H13ClF5N3O3S/c1-35(33,34)30-21(32)14-9-16(23)19(10-17(14)25)31-18-6-5-13(24)8-15(18)20(29-31)11-3-2-4-12(7-11)22(26,27)28/h2-10H,1H3,(H,30,32). The van der Waals surface area contributed by atoms with Gasteiger partial charge in [-0.1, -0.05) is 23.7 Å². The van der Waals surface area contributed by atoms with Gasteiger partial charge in [-0.15, -0.1) is 0 Å². The lowest BCUT2D eigenvalue weighted by Gasteiger charge is -2.10. The molecule has 0 spiro atoms. The van der Waals surface area contributed by atoms with Gasteiger partial charge >= 0.3 is 6.18 Å². The van der Waals surface area contributed by atoms with Crippen LogP contribution in [0.3, 0.4) is 0 Å². The predicted molar refractivity (Wildman–Crippen MR) is 119 cm³/mol. The third kappa shape index (κ3) is 4.98. The van der Waals surface area contributed by atoms with Gasteiger partial charge in [0, 0.05) is 17.0 Å². The second-order valence-electron chi connectivity index (χ2n) is 7.49. The summed E-state index contributed by atoms with van der Waals surface area (Å²) in [5.41, 5.74) is -1.54. The summed E-state index contributed by atoms with van der Waals surface area (Å²) in [5, 5.41) is 4.16. The van der Waals surface area contributed by atoms with Crippen molar-refractivity contribution in [3.8, 4) is 16.9 Å². The van der Waals surface area contributed by atoms with E-state index in [4.69, 9.17) is 11.6 Å². The predicted octanol–water partition coefficient (Wildman–Crippen LogP) is 5.33. The largest absolute Gasteiger partial charge is 0.416 e. The first-order valence-electron chi connectivity index (χ1n) is 9.62. The minimum Gasteiger partial charge on any atom is -0.268 e. The van der Waals surface area contributed by atoms with Crippen molar-refractivity contribution in [3.63, 3.8) is 0 Å². The number of carbonyl (C=O) groups excluding carboxylic acids is 1. The molecule has 0 aliphatic rings. The zero-order chi connectivity index (χ0) is 25.7. The second-order valence-corrected chi connectivity index (χ2v) is 9.64. The molecule has 0 bridgehead atoms. The van der Waals surface area contributed by atoms with Crippen LogP contribution in [0.25, 0.3) is 27.8 Å². The molecular formula is C22H13ClF5N3O3S. The highest BCUT2D eigenvalue weighted by molar-refractivity contribution is 7.89. The molecule has 0 unspecified atom stereocenters. The van der Waals surface area contributed by atoms with Gasteiger partial charge in [-0.05, 0) is 36.4 Å². The van der Waals surface area contributed by atoms with E-state index in [1.807, 2.05) is 0 Å². The zero-order valence-electron chi connectivity index (χ0n) is 17.5. The molecule has 13 heteroatoms. The van der Waals surface area contributed by atoms with Crippen LogP contribution < -0.4 is 4.72 Å². The molecule has 1 heterocycles. The van der Waals surface area contributed by atoms with Crippen molar-refractivity contribution in [1.29, 1.82) is 0 Å². The average Bonchev–Trinajstić information content (AvgIpc) is 3.11. The molecular weight excluding hydrogens is 517 g/mol. The van der Waals surface area contributed by atoms with Crippen molar-refractivity contribution >= 4 is 38.4 Å². The quantitative estimate of drug-likeness (QED) is 0.362. The molecule has 0 radical (unpaired) electrons. The molecule has 6 nitrogen and oxygen atoms in total. The Labute approximate surface area is 200 Å². The first-order valence-corrected chi connectivity index (χ1v) is 11.9. The molecule has 35 heavy (non-hydrogen) atoms. The maximum atomic E-state index is 14.8. The number of amides is 1. The first-order chi connectivity index (χ1) is 16.2. The van der Waals surface area contributed by atoms with Crippen molar-refractivity contribution in [2.24, 2.45) is 0 Å². The smallest absolute Gasteiger partial charge is 0.268 e.